The van der Waals surface area contributed by atoms with Crippen molar-refractivity contribution in [2.45, 2.75) is 64.1 Å². The number of carboxylic acids is 1. The van der Waals surface area contributed by atoms with Crippen LogP contribution < -0.4 is 10.6 Å². The van der Waals surface area contributed by atoms with Gasteiger partial charge in [-0.1, -0.05) is 24.3 Å². The number of ketones is 1. The summed E-state index contributed by atoms with van der Waals surface area (Å²) in [4.78, 5) is 36.9. The number of hydrogen-bond acceptors (Lipinski definition) is 5. The van der Waals surface area contributed by atoms with Gasteiger partial charge in [-0.05, 0) is 53.0 Å². The number of carboxylic acid groups (broad SMARTS) is 1. The van der Waals surface area contributed by atoms with Crippen LogP contribution in [-0.4, -0.2) is 47.2 Å². The number of nitrogens with one attached hydrogen (secondary N) is 2. The van der Waals surface area contributed by atoms with Crippen molar-refractivity contribution >= 4 is 17.8 Å². The van der Waals surface area contributed by atoms with E-state index in [-0.39, 0.29) is 18.2 Å². The summed E-state index contributed by atoms with van der Waals surface area (Å²) in [6.45, 7) is 5.89. The van der Waals surface area contributed by atoms with Gasteiger partial charge in [0.25, 0.3) is 0 Å². The Morgan fingerprint density at radius 2 is 2.08 bits per heavy atom. The van der Waals surface area contributed by atoms with E-state index in [1.54, 1.807) is 32.9 Å². The van der Waals surface area contributed by atoms with Crippen molar-refractivity contribution in [3.05, 3.63) is 24.3 Å². The standard InChI is InChI=1S/C19H28N2O5/c1-18(2,3)26-17(25)21-14(16(23)24)12-19(9-5-4-6-10-19)15(22)13-8-7-11-20-13/h4-6,9,13-14,20H,7-8,10-12H2,1-3H3,(H,21,25)(H,23,24)/t13-,14-,19?/m0/s1. The molecule has 1 unspecified atom stereocenters. The Labute approximate surface area is 153 Å². The fourth-order valence-corrected chi connectivity index (χ4v) is 3.37. The summed E-state index contributed by atoms with van der Waals surface area (Å²) in [6.07, 6.45) is 8.50. The molecule has 7 nitrogen and oxygen atoms in total. The zero-order valence-electron chi connectivity index (χ0n) is 15.6. The lowest BCUT2D eigenvalue weighted by molar-refractivity contribution is -0.141. The molecule has 7 heteroatoms. The van der Waals surface area contributed by atoms with Gasteiger partial charge >= 0.3 is 12.1 Å². The molecule has 0 spiro atoms. The molecule has 1 aliphatic heterocycles. The molecule has 2 aliphatic rings. The summed E-state index contributed by atoms with van der Waals surface area (Å²) in [7, 11) is 0. The van der Waals surface area contributed by atoms with Crippen molar-refractivity contribution in [3.8, 4) is 0 Å². The first-order valence-corrected chi connectivity index (χ1v) is 8.97. The maximum absolute atomic E-state index is 13.1. The van der Waals surface area contributed by atoms with Crippen molar-refractivity contribution in [2.75, 3.05) is 6.54 Å². The van der Waals surface area contributed by atoms with Crippen molar-refractivity contribution in [1.29, 1.82) is 0 Å². The molecule has 0 aromatic heterocycles. The maximum Gasteiger partial charge on any atom is 0.408 e. The molecule has 2 rings (SSSR count). The molecule has 0 radical (unpaired) electrons. The van der Waals surface area contributed by atoms with Crippen molar-refractivity contribution < 1.29 is 24.2 Å². The monoisotopic (exact) mass is 364 g/mol. The van der Waals surface area contributed by atoms with E-state index in [1.165, 1.54) is 0 Å². The summed E-state index contributed by atoms with van der Waals surface area (Å²) in [6, 6.07) is -1.49. The molecule has 3 N–H and O–H groups in total. The molecule has 3 atom stereocenters. The number of allylic oxidation sites excluding steroid dienone is 4. The third-order valence-electron chi connectivity index (χ3n) is 4.57. The van der Waals surface area contributed by atoms with Gasteiger partial charge in [-0.15, -0.1) is 0 Å². The number of hydrogen-bond donors (Lipinski definition) is 3. The average Bonchev–Trinajstić information content (AvgIpc) is 3.06. The number of carbonyl (C=O) groups is 3. The number of alkyl carbamates (subject to hydrolysis) is 1. The lowest BCUT2D eigenvalue weighted by Crippen LogP contribution is -2.50. The minimum absolute atomic E-state index is 0.0145. The predicted molar refractivity (Wildman–Crippen MR) is 96.8 cm³/mol. The molecule has 0 bridgehead atoms. The van der Waals surface area contributed by atoms with E-state index in [0.29, 0.717) is 6.42 Å². The van der Waals surface area contributed by atoms with Gasteiger partial charge in [-0.3, -0.25) is 4.79 Å². The van der Waals surface area contributed by atoms with Gasteiger partial charge < -0.3 is 20.5 Å². The third-order valence-corrected chi connectivity index (χ3v) is 4.57. The van der Waals surface area contributed by atoms with Crippen molar-refractivity contribution in [1.82, 2.24) is 10.6 Å². The molecule has 0 aromatic rings. The fraction of sp³-hybridized carbons (Fsp3) is 0.632. The Kier molecular flexibility index (Phi) is 6.23. The van der Waals surface area contributed by atoms with Gasteiger partial charge in [0.1, 0.15) is 11.6 Å². The van der Waals surface area contributed by atoms with Crippen LogP contribution in [0, 0.1) is 5.41 Å². The zero-order valence-corrected chi connectivity index (χ0v) is 15.6. The lowest BCUT2D eigenvalue weighted by Gasteiger charge is -2.34. The number of rotatable bonds is 6. The first-order chi connectivity index (χ1) is 12.1. The van der Waals surface area contributed by atoms with Crippen LogP contribution in [0.4, 0.5) is 4.79 Å². The second kappa shape index (κ2) is 8.03. The molecular weight excluding hydrogens is 336 g/mol. The van der Waals surface area contributed by atoms with Crippen molar-refractivity contribution in [3.63, 3.8) is 0 Å². The molecule has 144 valence electrons. The van der Waals surface area contributed by atoms with Crippen LogP contribution in [0.3, 0.4) is 0 Å². The highest BCUT2D eigenvalue weighted by atomic mass is 16.6. The Bertz CT molecular complexity index is 614. The Balaban J connectivity index is 2.17. The summed E-state index contributed by atoms with van der Waals surface area (Å²) < 4.78 is 5.16. The van der Waals surface area contributed by atoms with E-state index in [0.717, 1.165) is 19.4 Å². The maximum atomic E-state index is 13.1. The van der Waals surface area contributed by atoms with Crippen LogP contribution in [0.25, 0.3) is 0 Å². The van der Waals surface area contributed by atoms with Gasteiger partial charge in [-0.25, -0.2) is 9.59 Å². The molecule has 0 aromatic carbocycles. The molecule has 0 saturated carbocycles. The predicted octanol–water partition coefficient (Wildman–Crippen LogP) is 2.18. The highest BCUT2D eigenvalue weighted by Gasteiger charge is 2.44. The first-order valence-electron chi connectivity index (χ1n) is 8.97. The zero-order chi connectivity index (χ0) is 19.4. The van der Waals surface area contributed by atoms with E-state index < -0.39 is 29.1 Å². The second-order valence-corrected chi connectivity index (χ2v) is 7.90. The minimum Gasteiger partial charge on any atom is -0.480 e. The highest BCUT2D eigenvalue weighted by molar-refractivity contribution is 5.93. The summed E-state index contributed by atoms with van der Waals surface area (Å²) in [5.74, 6) is -1.21. The molecule has 1 aliphatic carbocycles. The quantitative estimate of drug-likeness (QED) is 0.667. The number of ether oxygens (including phenoxy) is 1. The summed E-state index contributed by atoms with van der Waals surface area (Å²) in [5, 5.41) is 15.2. The Hall–Kier alpha value is -2.15. The summed E-state index contributed by atoms with van der Waals surface area (Å²) >= 11 is 0. The van der Waals surface area contributed by atoms with Crippen LogP contribution in [0.2, 0.25) is 0 Å². The molecule has 1 amide bonds. The number of carbonyl (C=O) groups excluding carboxylic acids is 2. The molecule has 1 saturated heterocycles. The molecule has 1 fully saturated rings. The van der Waals surface area contributed by atoms with Crippen LogP contribution >= 0.6 is 0 Å². The molecular formula is C19H28N2O5. The van der Waals surface area contributed by atoms with Gasteiger partial charge in [0.05, 0.1) is 11.5 Å². The highest BCUT2D eigenvalue weighted by Crippen LogP contribution is 2.37. The van der Waals surface area contributed by atoms with Crippen LogP contribution in [0.1, 0.15) is 46.5 Å². The van der Waals surface area contributed by atoms with E-state index >= 15 is 0 Å². The van der Waals surface area contributed by atoms with Gasteiger partial charge in [0.2, 0.25) is 0 Å². The first kappa shape index (κ1) is 20.2. The molecule has 1 heterocycles. The normalized spacial score (nSPS) is 26.3. The summed E-state index contributed by atoms with van der Waals surface area (Å²) in [5.41, 5.74) is -1.68. The second-order valence-electron chi connectivity index (χ2n) is 7.90. The van der Waals surface area contributed by atoms with E-state index in [2.05, 4.69) is 10.6 Å². The smallest absolute Gasteiger partial charge is 0.408 e. The Morgan fingerprint density at radius 3 is 2.58 bits per heavy atom. The SMILES string of the molecule is CC(C)(C)OC(=O)N[C@@H](CC1(C(=O)[C@@H]2CCCN2)C=CC=CC1)C(=O)O. The van der Waals surface area contributed by atoms with E-state index in [1.807, 2.05) is 12.2 Å². The number of aliphatic carboxylic acids is 1. The Morgan fingerprint density at radius 1 is 1.35 bits per heavy atom. The molecule has 26 heavy (non-hydrogen) atoms. The van der Waals surface area contributed by atoms with Crippen molar-refractivity contribution in [2.24, 2.45) is 5.41 Å². The van der Waals surface area contributed by atoms with Gasteiger partial charge in [0, 0.05) is 0 Å². The third kappa shape index (κ3) is 5.17. The van der Waals surface area contributed by atoms with Gasteiger partial charge in [0.15, 0.2) is 5.78 Å². The number of amides is 1. The van der Waals surface area contributed by atoms with Crippen LogP contribution in [0.15, 0.2) is 24.3 Å². The van der Waals surface area contributed by atoms with E-state index in [4.69, 9.17) is 4.74 Å². The topological polar surface area (TPSA) is 105 Å². The van der Waals surface area contributed by atoms with Crippen LogP contribution in [0.5, 0.6) is 0 Å². The van der Waals surface area contributed by atoms with Gasteiger partial charge in [-0.2, -0.15) is 0 Å². The minimum atomic E-state index is -1.22. The fourth-order valence-electron chi connectivity index (χ4n) is 3.37. The largest absolute Gasteiger partial charge is 0.480 e. The number of Topliss-reactive ketones (excluding diaryl/α,β-unsaturated/α-hetero) is 1. The lowest BCUT2D eigenvalue weighted by atomic mass is 9.71. The van der Waals surface area contributed by atoms with Crippen LogP contribution in [-0.2, 0) is 14.3 Å². The van der Waals surface area contributed by atoms with E-state index in [9.17, 15) is 19.5 Å². The average molecular weight is 364 g/mol.